The monoisotopic (exact) mass is 411 g/mol. The molecule has 2 heterocycles. The second-order valence-corrected chi connectivity index (χ2v) is 7.19. The van der Waals surface area contributed by atoms with E-state index in [0.717, 1.165) is 55.4 Å². The molecule has 1 atom stereocenters. The lowest BCUT2D eigenvalue weighted by Crippen LogP contribution is -2.34. The van der Waals surface area contributed by atoms with E-state index < -0.39 is 0 Å². The van der Waals surface area contributed by atoms with E-state index in [9.17, 15) is 4.79 Å². The molecule has 1 aromatic carbocycles. The van der Waals surface area contributed by atoms with E-state index >= 15 is 0 Å². The molecule has 0 bridgehead atoms. The maximum absolute atomic E-state index is 12.3. The Morgan fingerprint density at radius 1 is 1.22 bits per heavy atom. The van der Waals surface area contributed by atoms with Gasteiger partial charge in [-0.25, -0.2) is 0 Å². The maximum Gasteiger partial charge on any atom is 0.223 e. The van der Waals surface area contributed by atoms with Crippen molar-refractivity contribution in [3.05, 3.63) is 36.5 Å². The summed E-state index contributed by atoms with van der Waals surface area (Å²) in [4.78, 5) is 16.7. The lowest BCUT2D eigenvalue weighted by Gasteiger charge is -2.23. The summed E-state index contributed by atoms with van der Waals surface area (Å²) in [6, 6.07) is 9.91. The number of aromatic nitrogens is 1. The first-order chi connectivity index (χ1) is 12.3. The van der Waals surface area contributed by atoms with Crippen molar-refractivity contribution in [2.24, 2.45) is 11.3 Å². The highest BCUT2D eigenvalue weighted by molar-refractivity contribution is 5.86. The molecule has 1 amide bonds. The first-order valence-electron chi connectivity index (χ1n) is 9.24. The molecule has 27 heavy (non-hydrogen) atoms. The number of ether oxygens (including phenoxy) is 1. The highest BCUT2D eigenvalue weighted by Gasteiger charge is 2.57. The van der Waals surface area contributed by atoms with Crippen molar-refractivity contribution >= 4 is 41.6 Å². The Morgan fingerprint density at radius 2 is 2.00 bits per heavy atom. The summed E-state index contributed by atoms with van der Waals surface area (Å²) in [5, 5.41) is 7.54. The van der Waals surface area contributed by atoms with E-state index in [-0.39, 0.29) is 36.6 Å². The van der Waals surface area contributed by atoms with Crippen LogP contribution in [0.15, 0.2) is 36.5 Å². The molecule has 2 aromatic rings. The van der Waals surface area contributed by atoms with Gasteiger partial charge in [-0.2, -0.15) is 0 Å². The molecule has 1 saturated carbocycles. The number of rotatable bonds is 6. The molecule has 7 heteroatoms. The fraction of sp³-hybridized carbons (Fsp3) is 0.500. The Kier molecular flexibility index (Phi) is 7.71. The molecule has 1 unspecified atom stereocenters. The van der Waals surface area contributed by atoms with Gasteiger partial charge in [0.05, 0.1) is 6.61 Å². The molecule has 0 radical (unpaired) electrons. The number of piperidine rings is 1. The van der Waals surface area contributed by atoms with Crippen LogP contribution in [-0.2, 0) is 4.79 Å². The van der Waals surface area contributed by atoms with Gasteiger partial charge in [0, 0.05) is 24.0 Å². The van der Waals surface area contributed by atoms with Gasteiger partial charge in [-0.05, 0) is 56.3 Å². The Bertz CT molecular complexity index is 760. The molecule has 5 nitrogen and oxygen atoms in total. The van der Waals surface area contributed by atoms with Crippen molar-refractivity contribution in [3.8, 4) is 5.75 Å². The Balaban J connectivity index is 0.00000131. The molecule has 1 aliphatic carbocycles. The van der Waals surface area contributed by atoms with E-state index in [1.165, 1.54) is 0 Å². The SMILES string of the molecule is Cl.Cl.O=C(NCCCOc1cccc2cccnc12)C1CC12CCNCC2. The number of nitrogens with zero attached hydrogens (tertiary/aromatic N) is 1. The van der Waals surface area contributed by atoms with E-state index in [0.29, 0.717) is 18.6 Å². The number of carbonyl (C=O) groups is 1. The van der Waals surface area contributed by atoms with E-state index in [1.807, 2.05) is 30.3 Å². The van der Waals surface area contributed by atoms with Crippen LogP contribution in [0.2, 0.25) is 0 Å². The van der Waals surface area contributed by atoms with E-state index in [2.05, 4.69) is 15.6 Å². The normalized spacial score (nSPS) is 19.6. The van der Waals surface area contributed by atoms with Gasteiger partial charge < -0.3 is 15.4 Å². The Labute approximate surface area is 172 Å². The molecule has 2 fully saturated rings. The molecular formula is C20H27Cl2N3O2. The van der Waals surface area contributed by atoms with Gasteiger partial charge in [0.15, 0.2) is 0 Å². The zero-order valence-electron chi connectivity index (χ0n) is 15.3. The molecule has 4 rings (SSSR count). The molecule has 1 spiro atoms. The molecule has 1 aliphatic heterocycles. The van der Waals surface area contributed by atoms with E-state index in [1.54, 1.807) is 6.20 Å². The fourth-order valence-electron chi connectivity index (χ4n) is 3.98. The number of halogens is 2. The number of fused-ring (bicyclic) bond motifs is 1. The van der Waals surface area contributed by atoms with Gasteiger partial charge in [-0.15, -0.1) is 24.8 Å². The number of pyridine rings is 1. The highest BCUT2D eigenvalue weighted by atomic mass is 35.5. The maximum atomic E-state index is 12.3. The quantitative estimate of drug-likeness (QED) is 0.715. The number of carbonyl (C=O) groups excluding carboxylic acids is 1. The van der Waals surface area contributed by atoms with Crippen molar-refractivity contribution in [2.45, 2.75) is 25.7 Å². The summed E-state index contributed by atoms with van der Waals surface area (Å²) in [7, 11) is 0. The molecule has 1 saturated heterocycles. The summed E-state index contributed by atoms with van der Waals surface area (Å²) >= 11 is 0. The van der Waals surface area contributed by atoms with Crippen LogP contribution in [0.4, 0.5) is 0 Å². The minimum atomic E-state index is 0. The van der Waals surface area contributed by atoms with Crippen LogP contribution in [0.1, 0.15) is 25.7 Å². The van der Waals surface area contributed by atoms with Crippen LogP contribution in [0.5, 0.6) is 5.75 Å². The molecule has 148 valence electrons. The topological polar surface area (TPSA) is 63.2 Å². The van der Waals surface area contributed by atoms with Crippen LogP contribution in [0.3, 0.4) is 0 Å². The minimum Gasteiger partial charge on any atom is -0.491 e. The predicted octanol–water partition coefficient (Wildman–Crippen LogP) is 3.35. The summed E-state index contributed by atoms with van der Waals surface area (Å²) in [6.45, 7) is 3.35. The number of nitrogens with one attached hydrogen (secondary N) is 2. The average molecular weight is 412 g/mol. The van der Waals surface area contributed by atoms with Crippen molar-refractivity contribution in [3.63, 3.8) is 0 Å². The second-order valence-electron chi connectivity index (χ2n) is 7.19. The van der Waals surface area contributed by atoms with Crippen LogP contribution in [0, 0.1) is 11.3 Å². The smallest absolute Gasteiger partial charge is 0.223 e. The number of para-hydroxylation sites is 1. The fourth-order valence-corrected chi connectivity index (χ4v) is 3.98. The third-order valence-electron chi connectivity index (χ3n) is 5.58. The summed E-state index contributed by atoms with van der Waals surface area (Å²) in [6.07, 6.45) is 5.93. The van der Waals surface area contributed by atoms with Crippen LogP contribution in [0.25, 0.3) is 10.9 Å². The van der Waals surface area contributed by atoms with Crippen molar-refractivity contribution < 1.29 is 9.53 Å². The molecule has 1 aromatic heterocycles. The second kappa shape index (κ2) is 9.58. The van der Waals surface area contributed by atoms with Crippen LogP contribution >= 0.6 is 24.8 Å². The Hall–Kier alpha value is -1.56. The molecule has 2 N–H and O–H groups in total. The lowest BCUT2D eigenvalue weighted by molar-refractivity contribution is -0.123. The van der Waals surface area contributed by atoms with Crippen LogP contribution < -0.4 is 15.4 Å². The van der Waals surface area contributed by atoms with Crippen molar-refractivity contribution in [1.29, 1.82) is 0 Å². The summed E-state index contributed by atoms with van der Waals surface area (Å²) in [5.74, 6) is 1.27. The minimum absolute atomic E-state index is 0. The lowest BCUT2D eigenvalue weighted by atomic mass is 9.92. The number of amides is 1. The van der Waals surface area contributed by atoms with Gasteiger partial charge in [0.2, 0.25) is 5.91 Å². The predicted molar refractivity (Wildman–Crippen MR) is 112 cm³/mol. The molecule has 2 aliphatic rings. The highest BCUT2D eigenvalue weighted by Crippen LogP contribution is 2.58. The molecular weight excluding hydrogens is 385 g/mol. The zero-order chi connectivity index (χ0) is 17.1. The number of hydrogen-bond acceptors (Lipinski definition) is 4. The zero-order valence-corrected chi connectivity index (χ0v) is 16.9. The summed E-state index contributed by atoms with van der Waals surface area (Å²) < 4.78 is 5.86. The van der Waals surface area contributed by atoms with Crippen molar-refractivity contribution in [1.82, 2.24) is 15.6 Å². The van der Waals surface area contributed by atoms with Crippen LogP contribution in [-0.4, -0.2) is 37.1 Å². The largest absolute Gasteiger partial charge is 0.491 e. The Morgan fingerprint density at radius 3 is 2.81 bits per heavy atom. The van der Waals surface area contributed by atoms with Crippen molar-refractivity contribution in [2.75, 3.05) is 26.2 Å². The first-order valence-corrected chi connectivity index (χ1v) is 9.24. The third kappa shape index (κ3) is 4.84. The number of hydrogen-bond donors (Lipinski definition) is 2. The van der Waals surface area contributed by atoms with Gasteiger partial charge in [0.1, 0.15) is 11.3 Å². The average Bonchev–Trinajstić information content (AvgIpc) is 3.35. The van der Waals surface area contributed by atoms with Gasteiger partial charge in [-0.1, -0.05) is 18.2 Å². The van der Waals surface area contributed by atoms with Gasteiger partial charge in [-0.3, -0.25) is 9.78 Å². The van der Waals surface area contributed by atoms with Gasteiger partial charge >= 0.3 is 0 Å². The standard InChI is InChI=1S/C20H25N3O2.2ClH/c24-19(16-14-20(16)7-11-21-12-8-20)23-10-3-13-25-17-6-1-4-15-5-2-9-22-18(15)17;;/h1-2,4-6,9,16,21H,3,7-8,10-14H2,(H,23,24);2*1H. The number of benzene rings is 1. The summed E-state index contributed by atoms with van der Waals surface area (Å²) in [5.41, 5.74) is 1.19. The first kappa shape index (κ1) is 21.7. The van der Waals surface area contributed by atoms with E-state index in [4.69, 9.17) is 4.74 Å². The van der Waals surface area contributed by atoms with Gasteiger partial charge in [0.25, 0.3) is 0 Å². The third-order valence-corrected chi connectivity index (χ3v) is 5.58.